The predicted molar refractivity (Wildman–Crippen MR) is 64.8 cm³/mol. The van der Waals surface area contributed by atoms with Crippen LogP contribution in [0.5, 0.6) is 0 Å². The zero-order chi connectivity index (χ0) is 11.1. The van der Waals surface area contributed by atoms with Crippen molar-refractivity contribution in [1.82, 2.24) is 4.90 Å². The monoisotopic (exact) mass is 209 g/mol. The Balaban J connectivity index is 2.50. The van der Waals surface area contributed by atoms with Crippen molar-refractivity contribution in [3.05, 3.63) is 24.3 Å². The zero-order valence-corrected chi connectivity index (χ0v) is 10.0. The molecule has 1 aliphatic heterocycles. The number of hydrogen-bond acceptors (Lipinski definition) is 2. The van der Waals surface area contributed by atoms with Gasteiger partial charge in [-0.15, -0.1) is 6.58 Å². The first-order valence-electron chi connectivity index (χ1n) is 5.97. The third-order valence-corrected chi connectivity index (χ3v) is 2.61. The van der Waals surface area contributed by atoms with Crippen LogP contribution in [0.3, 0.4) is 0 Å². The fourth-order valence-corrected chi connectivity index (χ4v) is 1.95. The second kappa shape index (κ2) is 6.81. The molecule has 0 saturated heterocycles. The SMILES string of the molecule is C=CCC1=CC(N(CCC)CCC)OC1. The van der Waals surface area contributed by atoms with Crippen molar-refractivity contribution in [3.63, 3.8) is 0 Å². The van der Waals surface area contributed by atoms with Crippen molar-refractivity contribution in [1.29, 1.82) is 0 Å². The quantitative estimate of drug-likeness (QED) is 0.598. The molecule has 0 aromatic heterocycles. The molecule has 15 heavy (non-hydrogen) atoms. The summed E-state index contributed by atoms with van der Waals surface area (Å²) in [4.78, 5) is 2.41. The molecule has 0 amide bonds. The van der Waals surface area contributed by atoms with E-state index in [1.807, 2.05) is 6.08 Å². The van der Waals surface area contributed by atoms with Crippen LogP contribution in [-0.4, -0.2) is 30.8 Å². The van der Waals surface area contributed by atoms with E-state index in [-0.39, 0.29) is 6.23 Å². The van der Waals surface area contributed by atoms with E-state index >= 15 is 0 Å². The standard InChI is InChI=1S/C13H23NO/c1-4-7-12-10-13(15-11-12)14(8-5-2)9-6-3/h4,10,13H,1,5-9,11H2,2-3H3. The molecule has 2 nitrogen and oxygen atoms in total. The molecule has 86 valence electrons. The van der Waals surface area contributed by atoms with Gasteiger partial charge in [-0.2, -0.15) is 0 Å². The number of allylic oxidation sites excluding steroid dienone is 1. The molecule has 0 aromatic rings. The maximum Gasteiger partial charge on any atom is 0.130 e. The van der Waals surface area contributed by atoms with E-state index in [9.17, 15) is 0 Å². The molecule has 0 radical (unpaired) electrons. The molecule has 1 rings (SSSR count). The topological polar surface area (TPSA) is 12.5 Å². The van der Waals surface area contributed by atoms with Gasteiger partial charge in [-0.3, -0.25) is 4.90 Å². The van der Waals surface area contributed by atoms with Crippen molar-refractivity contribution < 1.29 is 4.74 Å². The largest absolute Gasteiger partial charge is 0.355 e. The van der Waals surface area contributed by atoms with E-state index in [0.717, 1.165) is 26.1 Å². The summed E-state index contributed by atoms with van der Waals surface area (Å²) < 4.78 is 5.77. The summed E-state index contributed by atoms with van der Waals surface area (Å²) >= 11 is 0. The summed E-state index contributed by atoms with van der Waals surface area (Å²) in [6.07, 6.45) is 7.74. The Bertz CT molecular complexity index is 217. The lowest BCUT2D eigenvalue weighted by Crippen LogP contribution is -2.35. The van der Waals surface area contributed by atoms with Gasteiger partial charge in [-0.25, -0.2) is 0 Å². The fraction of sp³-hybridized carbons (Fsp3) is 0.692. The van der Waals surface area contributed by atoms with E-state index in [4.69, 9.17) is 4.74 Å². The van der Waals surface area contributed by atoms with E-state index in [2.05, 4.69) is 31.4 Å². The minimum atomic E-state index is 0.208. The van der Waals surface area contributed by atoms with Crippen LogP contribution in [0.1, 0.15) is 33.1 Å². The molecule has 0 N–H and O–H groups in total. The predicted octanol–water partition coefficient (Wildman–Crippen LogP) is 2.97. The highest BCUT2D eigenvalue weighted by Crippen LogP contribution is 2.18. The molecule has 0 bridgehead atoms. The Labute approximate surface area is 93.6 Å². The Kier molecular flexibility index (Phi) is 5.66. The van der Waals surface area contributed by atoms with E-state index in [1.54, 1.807) is 0 Å². The molecule has 0 saturated carbocycles. The molecule has 1 heterocycles. The lowest BCUT2D eigenvalue weighted by atomic mass is 10.2. The first-order chi connectivity index (χ1) is 7.31. The fourth-order valence-electron chi connectivity index (χ4n) is 1.95. The highest BCUT2D eigenvalue weighted by atomic mass is 16.5. The van der Waals surface area contributed by atoms with Gasteiger partial charge in [0.25, 0.3) is 0 Å². The lowest BCUT2D eigenvalue weighted by Gasteiger charge is -2.26. The molecular formula is C13H23NO. The van der Waals surface area contributed by atoms with Crippen LogP contribution in [0.2, 0.25) is 0 Å². The molecule has 0 aliphatic carbocycles. The Morgan fingerprint density at radius 1 is 1.47 bits per heavy atom. The van der Waals surface area contributed by atoms with Gasteiger partial charge in [-0.05, 0) is 30.9 Å². The lowest BCUT2D eigenvalue weighted by molar-refractivity contribution is -0.00264. The minimum Gasteiger partial charge on any atom is -0.355 e. The summed E-state index contributed by atoms with van der Waals surface area (Å²) in [6.45, 7) is 11.2. The highest BCUT2D eigenvalue weighted by molar-refractivity contribution is 5.13. The van der Waals surface area contributed by atoms with Crippen LogP contribution in [0, 0.1) is 0 Å². The van der Waals surface area contributed by atoms with Crippen LogP contribution in [0.25, 0.3) is 0 Å². The molecule has 1 atom stereocenters. The molecule has 2 heteroatoms. The Morgan fingerprint density at radius 3 is 2.67 bits per heavy atom. The average Bonchev–Trinajstić information content (AvgIpc) is 2.67. The van der Waals surface area contributed by atoms with Gasteiger partial charge in [0.2, 0.25) is 0 Å². The third-order valence-electron chi connectivity index (χ3n) is 2.61. The van der Waals surface area contributed by atoms with Crippen LogP contribution in [0.4, 0.5) is 0 Å². The van der Waals surface area contributed by atoms with Crippen molar-refractivity contribution in [2.45, 2.75) is 39.3 Å². The molecule has 0 spiro atoms. The second-order valence-electron chi connectivity index (χ2n) is 4.06. The van der Waals surface area contributed by atoms with Gasteiger partial charge in [0.15, 0.2) is 0 Å². The van der Waals surface area contributed by atoms with Gasteiger partial charge in [-0.1, -0.05) is 19.9 Å². The maximum absolute atomic E-state index is 5.77. The summed E-state index contributed by atoms with van der Waals surface area (Å²) in [6, 6.07) is 0. The van der Waals surface area contributed by atoms with Crippen LogP contribution in [0.15, 0.2) is 24.3 Å². The van der Waals surface area contributed by atoms with E-state index in [0.29, 0.717) is 0 Å². The summed E-state index contributed by atoms with van der Waals surface area (Å²) in [5.41, 5.74) is 1.37. The van der Waals surface area contributed by atoms with Crippen LogP contribution >= 0.6 is 0 Å². The van der Waals surface area contributed by atoms with Crippen LogP contribution < -0.4 is 0 Å². The third kappa shape index (κ3) is 3.80. The molecular weight excluding hydrogens is 186 g/mol. The summed E-state index contributed by atoms with van der Waals surface area (Å²) in [7, 11) is 0. The number of nitrogens with zero attached hydrogens (tertiary/aromatic N) is 1. The van der Waals surface area contributed by atoms with Gasteiger partial charge in [0.05, 0.1) is 6.61 Å². The van der Waals surface area contributed by atoms with Gasteiger partial charge < -0.3 is 4.74 Å². The van der Waals surface area contributed by atoms with Gasteiger partial charge in [0, 0.05) is 13.1 Å². The van der Waals surface area contributed by atoms with Crippen molar-refractivity contribution in [2.75, 3.05) is 19.7 Å². The Morgan fingerprint density at radius 2 is 2.13 bits per heavy atom. The van der Waals surface area contributed by atoms with E-state index < -0.39 is 0 Å². The minimum absolute atomic E-state index is 0.208. The van der Waals surface area contributed by atoms with Crippen LogP contribution in [-0.2, 0) is 4.74 Å². The van der Waals surface area contributed by atoms with Gasteiger partial charge in [0.1, 0.15) is 6.23 Å². The van der Waals surface area contributed by atoms with Gasteiger partial charge >= 0.3 is 0 Å². The van der Waals surface area contributed by atoms with E-state index in [1.165, 1.54) is 18.4 Å². The first kappa shape index (κ1) is 12.5. The van der Waals surface area contributed by atoms with Crippen molar-refractivity contribution in [3.8, 4) is 0 Å². The van der Waals surface area contributed by atoms with Crippen molar-refractivity contribution in [2.24, 2.45) is 0 Å². The normalized spacial score (nSPS) is 20.7. The summed E-state index contributed by atoms with van der Waals surface area (Å²) in [5.74, 6) is 0. The first-order valence-corrected chi connectivity index (χ1v) is 5.97. The zero-order valence-electron chi connectivity index (χ0n) is 10.0. The number of rotatable bonds is 7. The highest BCUT2D eigenvalue weighted by Gasteiger charge is 2.21. The molecule has 0 fully saturated rings. The molecule has 1 unspecified atom stereocenters. The number of hydrogen-bond donors (Lipinski definition) is 0. The summed E-state index contributed by atoms with van der Waals surface area (Å²) in [5, 5.41) is 0. The van der Waals surface area contributed by atoms with Crippen molar-refractivity contribution >= 4 is 0 Å². The maximum atomic E-state index is 5.77. The average molecular weight is 209 g/mol. The number of ether oxygens (including phenoxy) is 1. The molecule has 1 aliphatic rings. The molecule has 0 aromatic carbocycles. The second-order valence-corrected chi connectivity index (χ2v) is 4.06. The Hall–Kier alpha value is -0.600. The smallest absolute Gasteiger partial charge is 0.130 e.